The molecule has 0 saturated carbocycles. The highest BCUT2D eigenvalue weighted by atomic mass is 79.9. The van der Waals surface area contributed by atoms with Crippen LogP contribution in [0, 0.1) is 12.7 Å². The molecule has 0 saturated heterocycles. The average molecular weight is 266 g/mol. The summed E-state index contributed by atoms with van der Waals surface area (Å²) in [5, 5.41) is 0. The summed E-state index contributed by atoms with van der Waals surface area (Å²) in [6, 6.07) is 7.13. The van der Waals surface area contributed by atoms with Crippen molar-refractivity contribution in [2.75, 3.05) is 0 Å². The van der Waals surface area contributed by atoms with E-state index in [0.717, 1.165) is 10.0 Å². The maximum Gasteiger partial charge on any atom is 0.134 e. The Kier molecular flexibility index (Phi) is 2.82. The second-order valence-corrected chi connectivity index (χ2v) is 4.24. The van der Waals surface area contributed by atoms with Gasteiger partial charge in [0, 0.05) is 22.4 Å². The van der Waals surface area contributed by atoms with Gasteiger partial charge in [-0.1, -0.05) is 15.9 Å². The van der Waals surface area contributed by atoms with E-state index in [2.05, 4.69) is 20.9 Å². The number of aromatic nitrogens is 1. The van der Waals surface area contributed by atoms with Crippen LogP contribution in [-0.2, 0) is 0 Å². The van der Waals surface area contributed by atoms with Crippen molar-refractivity contribution < 1.29 is 4.39 Å². The predicted octanol–water partition coefficient (Wildman–Crippen LogP) is 3.96. The molecular weight excluding hydrogens is 257 g/mol. The van der Waals surface area contributed by atoms with Gasteiger partial charge in [-0.3, -0.25) is 4.98 Å². The Bertz CT molecular complexity index is 482. The van der Waals surface area contributed by atoms with E-state index >= 15 is 0 Å². The zero-order valence-electron chi connectivity index (χ0n) is 8.17. The fourth-order valence-corrected chi connectivity index (χ4v) is 2.04. The molecule has 15 heavy (non-hydrogen) atoms. The molecule has 2 rings (SSSR count). The molecule has 0 atom stereocenters. The lowest BCUT2D eigenvalue weighted by atomic mass is 10.0. The van der Waals surface area contributed by atoms with Crippen LogP contribution in [0.1, 0.15) is 5.56 Å². The molecule has 0 spiro atoms. The molecule has 1 heterocycles. The lowest BCUT2D eigenvalue weighted by Crippen LogP contribution is -1.89. The Hall–Kier alpha value is -1.22. The largest absolute Gasteiger partial charge is 0.265 e. The first-order valence-electron chi connectivity index (χ1n) is 4.54. The van der Waals surface area contributed by atoms with Crippen molar-refractivity contribution in [3.8, 4) is 11.1 Å². The summed E-state index contributed by atoms with van der Waals surface area (Å²) < 4.78 is 14.7. The van der Waals surface area contributed by atoms with E-state index in [0.29, 0.717) is 11.1 Å². The minimum atomic E-state index is -0.176. The lowest BCUT2D eigenvalue weighted by Gasteiger charge is -2.06. The van der Waals surface area contributed by atoms with Gasteiger partial charge in [0.05, 0.1) is 0 Å². The number of halogens is 2. The van der Waals surface area contributed by atoms with Crippen LogP contribution in [0.2, 0.25) is 0 Å². The summed E-state index contributed by atoms with van der Waals surface area (Å²) in [6.07, 6.45) is 3.32. The lowest BCUT2D eigenvalue weighted by molar-refractivity contribution is 0.621. The summed E-state index contributed by atoms with van der Waals surface area (Å²) in [6.45, 7) is 1.75. The monoisotopic (exact) mass is 265 g/mol. The van der Waals surface area contributed by atoms with E-state index < -0.39 is 0 Å². The number of rotatable bonds is 1. The molecule has 0 amide bonds. The zero-order chi connectivity index (χ0) is 10.8. The normalized spacial score (nSPS) is 10.3. The third kappa shape index (κ3) is 2.07. The van der Waals surface area contributed by atoms with E-state index in [9.17, 15) is 4.39 Å². The van der Waals surface area contributed by atoms with Crippen molar-refractivity contribution in [1.82, 2.24) is 4.98 Å². The number of hydrogen-bond acceptors (Lipinski definition) is 1. The van der Waals surface area contributed by atoms with Crippen LogP contribution >= 0.6 is 15.9 Å². The first-order valence-corrected chi connectivity index (χ1v) is 5.34. The van der Waals surface area contributed by atoms with E-state index in [1.54, 1.807) is 43.6 Å². The van der Waals surface area contributed by atoms with Crippen LogP contribution < -0.4 is 0 Å². The molecule has 0 N–H and O–H groups in total. The molecule has 1 aromatic heterocycles. The standard InChI is InChI=1S/C12H9BrFN/c1-8-6-10(13)7-11(12(8)14)9-2-4-15-5-3-9/h2-7H,1H3. The van der Waals surface area contributed by atoms with Gasteiger partial charge in [-0.05, 0) is 42.3 Å². The summed E-state index contributed by atoms with van der Waals surface area (Å²) >= 11 is 3.36. The second kappa shape index (κ2) is 4.11. The Morgan fingerprint density at radius 3 is 2.53 bits per heavy atom. The molecular formula is C12H9BrFN. The molecule has 0 fully saturated rings. The molecule has 0 aliphatic rings. The van der Waals surface area contributed by atoms with Crippen LogP contribution in [-0.4, -0.2) is 4.98 Å². The SMILES string of the molecule is Cc1cc(Br)cc(-c2ccncc2)c1F. The van der Waals surface area contributed by atoms with Gasteiger partial charge in [0.25, 0.3) is 0 Å². The van der Waals surface area contributed by atoms with Gasteiger partial charge in [-0.25, -0.2) is 4.39 Å². The van der Waals surface area contributed by atoms with E-state index in [1.807, 2.05) is 0 Å². The maximum absolute atomic E-state index is 13.8. The van der Waals surface area contributed by atoms with E-state index in [-0.39, 0.29) is 5.82 Å². The minimum Gasteiger partial charge on any atom is -0.265 e. The minimum absolute atomic E-state index is 0.176. The molecule has 1 nitrogen and oxygen atoms in total. The summed E-state index contributed by atoms with van der Waals surface area (Å²) in [4.78, 5) is 3.91. The summed E-state index contributed by atoms with van der Waals surface area (Å²) in [5.41, 5.74) is 2.08. The zero-order valence-corrected chi connectivity index (χ0v) is 9.75. The highest BCUT2D eigenvalue weighted by Crippen LogP contribution is 2.28. The van der Waals surface area contributed by atoms with Crippen molar-refractivity contribution in [3.05, 3.63) is 52.5 Å². The van der Waals surface area contributed by atoms with Crippen LogP contribution in [0.15, 0.2) is 41.1 Å². The molecule has 1 aromatic carbocycles. The molecule has 3 heteroatoms. The van der Waals surface area contributed by atoms with Crippen LogP contribution in [0.3, 0.4) is 0 Å². The fourth-order valence-electron chi connectivity index (χ4n) is 1.47. The van der Waals surface area contributed by atoms with Crippen molar-refractivity contribution in [3.63, 3.8) is 0 Å². The number of hydrogen-bond donors (Lipinski definition) is 0. The van der Waals surface area contributed by atoms with Gasteiger partial charge >= 0.3 is 0 Å². The van der Waals surface area contributed by atoms with E-state index in [1.165, 1.54) is 0 Å². The van der Waals surface area contributed by atoms with Crippen LogP contribution in [0.5, 0.6) is 0 Å². The van der Waals surface area contributed by atoms with Gasteiger partial charge in [0.1, 0.15) is 5.82 Å². The molecule has 0 radical (unpaired) electrons. The van der Waals surface area contributed by atoms with Gasteiger partial charge in [-0.2, -0.15) is 0 Å². The fraction of sp³-hybridized carbons (Fsp3) is 0.0833. The third-order valence-electron chi connectivity index (χ3n) is 2.21. The maximum atomic E-state index is 13.8. The third-order valence-corrected chi connectivity index (χ3v) is 2.67. The van der Waals surface area contributed by atoms with Gasteiger partial charge in [0.15, 0.2) is 0 Å². The van der Waals surface area contributed by atoms with Crippen LogP contribution in [0.4, 0.5) is 4.39 Å². The van der Waals surface area contributed by atoms with Crippen molar-refractivity contribution in [2.24, 2.45) is 0 Å². The highest BCUT2D eigenvalue weighted by molar-refractivity contribution is 9.10. The molecule has 2 aromatic rings. The molecule has 76 valence electrons. The Morgan fingerprint density at radius 2 is 1.87 bits per heavy atom. The smallest absolute Gasteiger partial charge is 0.134 e. The molecule has 0 aliphatic heterocycles. The Labute approximate surface area is 96.1 Å². The molecule has 0 bridgehead atoms. The van der Waals surface area contributed by atoms with Crippen LogP contribution in [0.25, 0.3) is 11.1 Å². The Balaban J connectivity index is 2.63. The summed E-state index contributed by atoms with van der Waals surface area (Å²) in [7, 11) is 0. The number of nitrogens with zero attached hydrogens (tertiary/aromatic N) is 1. The first kappa shape index (κ1) is 10.3. The first-order chi connectivity index (χ1) is 7.18. The molecule has 0 aliphatic carbocycles. The van der Waals surface area contributed by atoms with Crippen molar-refractivity contribution >= 4 is 15.9 Å². The summed E-state index contributed by atoms with van der Waals surface area (Å²) in [5.74, 6) is -0.176. The average Bonchev–Trinajstić information content (AvgIpc) is 2.24. The number of pyridine rings is 1. The van der Waals surface area contributed by atoms with Gasteiger partial charge < -0.3 is 0 Å². The van der Waals surface area contributed by atoms with Gasteiger partial charge in [0.2, 0.25) is 0 Å². The highest BCUT2D eigenvalue weighted by Gasteiger charge is 2.08. The van der Waals surface area contributed by atoms with Gasteiger partial charge in [-0.15, -0.1) is 0 Å². The number of aryl methyl sites for hydroxylation is 1. The molecule has 0 unspecified atom stereocenters. The second-order valence-electron chi connectivity index (χ2n) is 3.32. The quantitative estimate of drug-likeness (QED) is 0.761. The number of benzene rings is 1. The van der Waals surface area contributed by atoms with E-state index in [4.69, 9.17) is 0 Å². The Morgan fingerprint density at radius 1 is 1.20 bits per heavy atom. The van der Waals surface area contributed by atoms with Crippen molar-refractivity contribution in [1.29, 1.82) is 0 Å². The topological polar surface area (TPSA) is 12.9 Å². The predicted molar refractivity (Wildman–Crippen MR) is 62.1 cm³/mol. The van der Waals surface area contributed by atoms with Crippen molar-refractivity contribution in [2.45, 2.75) is 6.92 Å².